The Morgan fingerprint density at radius 1 is 1.36 bits per heavy atom. The fraction of sp³-hybridized carbons (Fsp3) is 0.529. The molecular weight excluding hydrogens is 344 g/mol. The van der Waals surface area contributed by atoms with Crippen molar-refractivity contribution < 1.29 is 9.53 Å². The number of carbonyl (C=O) groups excluding carboxylic acids is 1. The number of ether oxygens (including phenoxy) is 1. The van der Waals surface area contributed by atoms with Crippen LogP contribution in [0.3, 0.4) is 0 Å². The minimum Gasteiger partial charge on any atom is -0.444 e. The lowest BCUT2D eigenvalue weighted by atomic mass is 9.87. The molecule has 1 saturated heterocycles. The molecule has 1 amide bonds. The van der Waals surface area contributed by atoms with Crippen molar-refractivity contribution in [3.05, 3.63) is 35.1 Å². The van der Waals surface area contributed by atoms with Crippen molar-refractivity contribution in [2.24, 2.45) is 5.92 Å². The highest BCUT2D eigenvalue weighted by molar-refractivity contribution is 9.10. The zero-order valence-corrected chi connectivity index (χ0v) is 15.0. The second kappa shape index (κ2) is 6.82. The van der Waals surface area contributed by atoms with Gasteiger partial charge in [0.25, 0.3) is 0 Å². The number of allylic oxidation sites excluding steroid dienone is 1. The van der Waals surface area contributed by atoms with E-state index < -0.39 is 5.60 Å². The Morgan fingerprint density at radius 3 is 2.50 bits per heavy atom. The first-order valence-electron chi connectivity index (χ1n) is 7.55. The molecule has 1 aliphatic rings. The molecule has 0 bridgehead atoms. The molecular formula is C17H23BrN2O2. The van der Waals surface area contributed by atoms with Gasteiger partial charge in [-0.25, -0.2) is 9.78 Å². The maximum Gasteiger partial charge on any atom is 0.410 e. The molecule has 1 aromatic heterocycles. The molecule has 0 N–H and O–H groups in total. The Bertz CT molecular complexity index is 541. The molecule has 2 rings (SSSR count). The molecule has 0 unspecified atom stereocenters. The first kappa shape index (κ1) is 17.0. The second-order valence-corrected chi connectivity index (χ2v) is 7.45. The van der Waals surface area contributed by atoms with Crippen molar-refractivity contribution in [1.82, 2.24) is 9.88 Å². The Hall–Kier alpha value is -1.36. The van der Waals surface area contributed by atoms with Crippen LogP contribution in [0.2, 0.25) is 0 Å². The lowest BCUT2D eigenvalue weighted by Crippen LogP contribution is -2.41. The van der Waals surface area contributed by atoms with Crippen LogP contribution in [-0.4, -0.2) is 34.7 Å². The predicted molar refractivity (Wildman–Crippen MR) is 91.5 cm³/mol. The highest BCUT2D eigenvalue weighted by Gasteiger charge is 2.28. The molecule has 120 valence electrons. The van der Waals surface area contributed by atoms with Gasteiger partial charge in [-0.2, -0.15) is 0 Å². The van der Waals surface area contributed by atoms with Gasteiger partial charge in [0.2, 0.25) is 0 Å². The van der Waals surface area contributed by atoms with E-state index in [9.17, 15) is 4.79 Å². The van der Waals surface area contributed by atoms with Crippen molar-refractivity contribution >= 4 is 27.6 Å². The summed E-state index contributed by atoms with van der Waals surface area (Å²) in [6.45, 7) is 11.3. The molecule has 0 aromatic carbocycles. The van der Waals surface area contributed by atoms with E-state index in [-0.39, 0.29) is 6.09 Å². The number of pyridine rings is 1. The van der Waals surface area contributed by atoms with Gasteiger partial charge >= 0.3 is 6.09 Å². The van der Waals surface area contributed by atoms with Crippen LogP contribution >= 0.6 is 15.9 Å². The third-order valence-electron chi connectivity index (χ3n) is 3.74. The van der Waals surface area contributed by atoms with Crippen LogP contribution in [0.25, 0.3) is 5.57 Å². The molecule has 4 nitrogen and oxygen atoms in total. The Labute approximate surface area is 140 Å². The van der Waals surface area contributed by atoms with E-state index in [4.69, 9.17) is 4.74 Å². The summed E-state index contributed by atoms with van der Waals surface area (Å²) < 4.78 is 6.24. The number of piperidine rings is 1. The van der Waals surface area contributed by atoms with Gasteiger partial charge in [0, 0.05) is 19.3 Å². The zero-order chi connectivity index (χ0) is 16.3. The van der Waals surface area contributed by atoms with Gasteiger partial charge in [-0.1, -0.05) is 12.6 Å². The van der Waals surface area contributed by atoms with E-state index in [0.29, 0.717) is 19.0 Å². The van der Waals surface area contributed by atoms with Crippen LogP contribution in [-0.2, 0) is 4.74 Å². The van der Waals surface area contributed by atoms with Gasteiger partial charge in [-0.15, -0.1) is 0 Å². The summed E-state index contributed by atoms with van der Waals surface area (Å²) in [5.74, 6) is 0.390. The molecule has 1 fully saturated rings. The van der Waals surface area contributed by atoms with Crippen molar-refractivity contribution in [3.63, 3.8) is 0 Å². The van der Waals surface area contributed by atoms with Crippen molar-refractivity contribution in [2.45, 2.75) is 39.2 Å². The van der Waals surface area contributed by atoms with Gasteiger partial charge in [0.15, 0.2) is 0 Å². The van der Waals surface area contributed by atoms with E-state index in [1.165, 1.54) is 0 Å². The van der Waals surface area contributed by atoms with Crippen LogP contribution < -0.4 is 0 Å². The first-order valence-corrected chi connectivity index (χ1v) is 8.34. The van der Waals surface area contributed by atoms with E-state index >= 15 is 0 Å². The van der Waals surface area contributed by atoms with Gasteiger partial charge in [0.1, 0.15) is 10.2 Å². The van der Waals surface area contributed by atoms with Crippen LogP contribution in [0.5, 0.6) is 0 Å². The van der Waals surface area contributed by atoms with Crippen LogP contribution in [0.4, 0.5) is 4.79 Å². The predicted octanol–water partition coefficient (Wildman–Crippen LogP) is 4.50. The average molecular weight is 367 g/mol. The normalized spacial score (nSPS) is 16.5. The topological polar surface area (TPSA) is 42.4 Å². The zero-order valence-electron chi connectivity index (χ0n) is 13.4. The Morgan fingerprint density at radius 2 is 2.00 bits per heavy atom. The van der Waals surface area contributed by atoms with Gasteiger partial charge in [-0.05, 0) is 72.7 Å². The number of hydrogen-bond donors (Lipinski definition) is 0. The third kappa shape index (κ3) is 4.57. The van der Waals surface area contributed by atoms with Crippen molar-refractivity contribution in [3.8, 4) is 0 Å². The molecule has 0 atom stereocenters. The molecule has 0 radical (unpaired) electrons. The minimum absolute atomic E-state index is 0.220. The van der Waals surface area contributed by atoms with Crippen LogP contribution in [0.15, 0.2) is 29.5 Å². The highest BCUT2D eigenvalue weighted by Crippen LogP contribution is 2.31. The quantitative estimate of drug-likeness (QED) is 0.723. The highest BCUT2D eigenvalue weighted by atomic mass is 79.9. The number of carbonyl (C=O) groups is 1. The van der Waals surface area contributed by atoms with E-state index in [2.05, 4.69) is 27.5 Å². The molecule has 5 heteroatoms. The number of amides is 1. The molecule has 22 heavy (non-hydrogen) atoms. The number of hydrogen-bond acceptors (Lipinski definition) is 3. The summed E-state index contributed by atoms with van der Waals surface area (Å²) in [5.41, 5.74) is 1.73. The maximum absolute atomic E-state index is 12.1. The van der Waals surface area contributed by atoms with Crippen molar-refractivity contribution in [1.29, 1.82) is 0 Å². The Kier molecular flexibility index (Phi) is 5.27. The fourth-order valence-corrected chi connectivity index (χ4v) is 2.77. The summed E-state index contributed by atoms with van der Waals surface area (Å²) in [4.78, 5) is 18.1. The van der Waals surface area contributed by atoms with Crippen LogP contribution in [0.1, 0.15) is 39.2 Å². The van der Waals surface area contributed by atoms with Crippen molar-refractivity contribution in [2.75, 3.05) is 13.1 Å². The van der Waals surface area contributed by atoms with Gasteiger partial charge in [-0.3, -0.25) is 0 Å². The summed E-state index contributed by atoms with van der Waals surface area (Å²) in [5, 5.41) is 0. The molecule has 0 spiro atoms. The largest absolute Gasteiger partial charge is 0.444 e. The molecule has 0 aliphatic carbocycles. The summed E-state index contributed by atoms with van der Waals surface area (Å²) in [6.07, 6.45) is 3.44. The van der Waals surface area contributed by atoms with E-state index in [1.54, 1.807) is 4.90 Å². The van der Waals surface area contributed by atoms with Gasteiger partial charge in [0.05, 0.1) is 0 Å². The molecule has 0 saturated carbocycles. The summed E-state index contributed by atoms with van der Waals surface area (Å²) >= 11 is 3.34. The van der Waals surface area contributed by atoms with E-state index in [0.717, 1.165) is 28.6 Å². The molecule has 2 heterocycles. The lowest BCUT2D eigenvalue weighted by molar-refractivity contribution is 0.0200. The monoisotopic (exact) mass is 366 g/mol. The van der Waals surface area contributed by atoms with Crippen LogP contribution in [0, 0.1) is 5.92 Å². The fourth-order valence-electron chi connectivity index (χ4n) is 2.54. The summed E-state index contributed by atoms with van der Waals surface area (Å²) in [7, 11) is 0. The maximum atomic E-state index is 12.1. The second-order valence-electron chi connectivity index (χ2n) is 6.64. The number of nitrogens with zero attached hydrogens (tertiary/aromatic N) is 2. The van der Waals surface area contributed by atoms with Gasteiger partial charge < -0.3 is 9.64 Å². The minimum atomic E-state index is -0.444. The number of rotatable bonds is 2. The number of halogens is 1. The SMILES string of the molecule is C=C(c1ccc(Br)nc1)C1CCN(C(=O)OC(C)(C)C)CC1. The average Bonchev–Trinajstić information content (AvgIpc) is 2.46. The van der Waals surface area contributed by atoms with E-state index in [1.807, 2.05) is 39.1 Å². The smallest absolute Gasteiger partial charge is 0.410 e. The molecule has 1 aromatic rings. The number of aromatic nitrogens is 1. The number of likely N-dealkylation sites (tertiary alicyclic amines) is 1. The lowest BCUT2D eigenvalue weighted by Gasteiger charge is -2.34. The third-order valence-corrected chi connectivity index (χ3v) is 4.21. The first-order chi connectivity index (χ1) is 10.3. The Balaban J connectivity index is 1.90. The molecule has 1 aliphatic heterocycles. The standard InChI is InChI=1S/C17H23BrN2O2/c1-12(14-5-6-15(18)19-11-14)13-7-9-20(10-8-13)16(21)22-17(2,3)4/h5-6,11,13H,1,7-10H2,2-4H3. The summed E-state index contributed by atoms with van der Waals surface area (Å²) in [6, 6.07) is 3.95.